The van der Waals surface area contributed by atoms with E-state index in [0.717, 1.165) is 17.1 Å². The van der Waals surface area contributed by atoms with Crippen molar-refractivity contribution < 1.29 is 0 Å². The molecule has 0 aliphatic rings. The Bertz CT molecular complexity index is 395. The van der Waals surface area contributed by atoms with Crippen molar-refractivity contribution in [1.82, 2.24) is 9.97 Å². The number of nitrogens with one attached hydrogen (secondary N) is 1. The molecule has 0 aromatic carbocycles. The molecule has 1 N–H and O–H groups in total. The zero-order valence-electron chi connectivity index (χ0n) is 7.94. The van der Waals surface area contributed by atoms with E-state index in [0.29, 0.717) is 0 Å². The Hall–Kier alpha value is -1.90. The Labute approximate surface area is 82.8 Å². The molecule has 0 aliphatic heterocycles. The molecule has 0 saturated carbocycles. The van der Waals surface area contributed by atoms with E-state index in [2.05, 4.69) is 15.3 Å². The van der Waals surface area contributed by atoms with Crippen LogP contribution in [0.25, 0.3) is 11.4 Å². The second-order valence-electron chi connectivity index (χ2n) is 2.90. The van der Waals surface area contributed by atoms with Crippen LogP contribution in [0.5, 0.6) is 0 Å². The van der Waals surface area contributed by atoms with Gasteiger partial charge in [0, 0.05) is 13.2 Å². The fourth-order valence-electron chi connectivity index (χ4n) is 1.21. The maximum atomic E-state index is 4.29. The molecule has 70 valence electrons. The predicted molar refractivity (Wildman–Crippen MR) is 57.0 cm³/mol. The van der Waals surface area contributed by atoms with Gasteiger partial charge in [-0.05, 0) is 24.3 Å². The third-order valence-electron chi connectivity index (χ3n) is 1.98. The molecule has 2 aromatic heterocycles. The first-order valence-corrected chi connectivity index (χ1v) is 4.45. The van der Waals surface area contributed by atoms with E-state index < -0.39 is 0 Å². The van der Waals surface area contributed by atoms with Crippen molar-refractivity contribution in [3.8, 4) is 11.4 Å². The first-order valence-electron chi connectivity index (χ1n) is 4.45. The van der Waals surface area contributed by atoms with Crippen LogP contribution in [0.15, 0.2) is 42.7 Å². The lowest BCUT2D eigenvalue weighted by atomic mass is 10.2. The largest absolute Gasteiger partial charge is 0.387 e. The molecule has 0 radical (unpaired) electrons. The topological polar surface area (TPSA) is 37.8 Å². The lowest BCUT2D eigenvalue weighted by molar-refractivity contribution is 1.24. The molecule has 0 atom stereocenters. The van der Waals surface area contributed by atoms with Crippen molar-refractivity contribution in [1.29, 1.82) is 0 Å². The normalized spacial score (nSPS) is 9.79. The maximum Gasteiger partial charge on any atom is 0.0887 e. The molecule has 2 heterocycles. The Morgan fingerprint density at radius 2 is 1.86 bits per heavy atom. The minimum absolute atomic E-state index is 0.893. The van der Waals surface area contributed by atoms with Gasteiger partial charge in [-0.1, -0.05) is 6.07 Å². The van der Waals surface area contributed by atoms with Crippen LogP contribution in [0.1, 0.15) is 0 Å². The predicted octanol–water partition coefficient (Wildman–Crippen LogP) is 2.19. The Balaban J connectivity index is 2.34. The molecule has 3 nitrogen and oxygen atoms in total. The summed E-state index contributed by atoms with van der Waals surface area (Å²) < 4.78 is 0. The molecule has 0 unspecified atom stereocenters. The van der Waals surface area contributed by atoms with Crippen LogP contribution in [0.2, 0.25) is 0 Å². The van der Waals surface area contributed by atoms with Crippen molar-refractivity contribution in [2.45, 2.75) is 0 Å². The van der Waals surface area contributed by atoms with Gasteiger partial charge in [-0.25, -0.2) is 0 Å². The summed E-state index contributed by atoms with van der Waals surface area (Å²) in [5.41, 5.74) is 2.80. The maximum absolute atomic E-state index is 4.29. The highest BCUT2D eigenvalue weighted by molar-refractivity contribution is 5.56. The van der Waals surface area contributed by atoms with Gasteiger partial charge in [0.1, 0.15) is 0 Å². The summed E-state index contributed by atoms with van der Waals surface area (Å²) in [5, 5.41) is 3.02. The molecule has 0 fully saturated rings. The van der Waals surface area contributed by atoms with Gasteiger partial charge < -0.3 is 5.32 Å². The van der Waals surface area contributed by atoms with Gasteiger partial charge in [-0.15, -0.1) is 0 Å². The van der Waals surface area contributed by atoms with Crippen molar-refractivity contribution in [3.63, 3.8) is 0 Å². The Morgan fingerprint density at radius 1 is 1.00 bits per heavy atom. The van der Waals surface area contributed by atoms with E-state index >= 15 is 0 Å². The molecule has 3 heteroatoms. The number of aromatic nitrogens is 2. The number of pyridine rings is 2. The van der Waals surface area contributed by atoms with E-state index in [9.17, 15) is 0 Å². The van der Waals surface area contributed by atoms with Crippen LogP contribution in [-0.4, -0.2) is 17.0 Å². The summed E-state index contributed by atoms with van der Waals surface area (Å²) in [6.07, 6.45) is 3.56. The second kappa shape index (κ2) is 3.87. The van der Waals surface area contributed by atoms with Crippen LogP contribution in [0, 0.1) is 0 Å². The van der Waals surface area contributed by atoms with Crippen molar-refractivity contribution in [3.05, 3.63) is 42.7 Å². The fraction of sp³-hybridized carbons (Fsp3) is 0.0909. The molecule has 14 heavy (non-hydrogen) atoms. The van der Waals surface area contributed by atoms with E-state index in [-0.39, 0.29) is 0 Å². The second-order valence-corrected chi connectivity index (χ2v) is 2.90. The first kappa shape index (κ1) is 8.69. The monoisotopic (exact) mass is 185 g/mol. The molecule has 0 saturated heterocycles. The van der Waals surface area contributed by atoms with Gasteiger partial charge in [0.15, 0.2) is 0 Å². The quantitative estimate of drug-likeness (QED) is 0.779. The van der Waals surface area contributed by atoms with E-state index in [1.54, 1.807) is 12.4 Å². The number of nitrogens with zero attached hydrogens (tertiary/aromatic N) is 2. The third-order valence-corrected chi connectivity index (χ3v) is 1.98. The molecular formula is C11H11N3. The van der Waals surface area contributed by atoms with Crippen LogP contribution < -0.4 is 5.32 Å². The van der Waals surface area contributed by atoms with E-state index in [1.807, 2.05) is 37.4 Å². The zero-order valence-corrected chi connectivity index (χ0v) is 7.94. The molecule has 0 bridgehead atoms. The van der Waals surface area contributed by atoms with Crippen LogP contribution in [-0.2, 0) is 0 Å². The van der Waals surface area contributed by atoms with Gasteiger partial charge in [0.25, 0.3) is 0 Å². The highest BCUT2D eigenvalue weighted by Gasteiger charge is 1.98. The van der Waals surface area contributed by atoms with E-state index in [4.69, 9.17) is 0 Å². The van der Waals surface area contributed by atoms with Gasteiger partial charge in [-0.3, -0.25) is 9.97 Å². The number of rotatable bonds is 2. The van der Waals surface area contributed by atoms with Crippen LogP contribution in [0.3, 0.4) is 0 Å². The summed E-state index contributed by atoms with van der Waals surface area (Å²) in [7, 11) is 1.87. The average molecular weight is 185 g/mol. The molecule has 0 amide bonds. The van der Waals surface area contributed by atoms with Gasteiger partial charge in [0.05, 0.1) is 23.3 Å². The van der Waals surface area contributed by atoms with Crippen LogP contribution >= 0.6 is 0 Å². The zero-order chi connectivity index (χ0) is 9.80. The summed E-state index contributed by atoms with van der Waals surface area (Å²) >= 11 is 0. The molecule has 2 rings (SSSR count). The summed E-state index contributed by atoms with van der Waals surface area (Å²) in [6, 6.07) is 9.73. The van der Waals surface area contributed by atoms with Crippen molar-refractivity contribution >= 4 is 5.69 Å². The molecule has 0 spiro atoms. The lowest BCUT2D eigenvalue weighted by Gasteiger charge is -2.01. The molecular weight excluding hydrogens is 174 g/mol. The SMILES string of the molecule is CNc1ccc(-c2ccccn2)nc1. The van der Waals surface area contributed by atoms with Gasteiger partial charge in [0.2, 0.25) is 0 Å². The standard InChI is InChI=1S/C11H11N3/c1-12-9-5-6-11(14-8-9)10-4-2-3-7-13-10/h2-8,12H,1H3. The lowest BCUT2D eigenvalue weighted by Crippen LogP contribution is -1.90. The summed E-state index contributed by atoms with van der Waals surface area (Å²) in [5.74, 6) is 0. The van der Waals surface area contributed by atoms with E-state index in [1.165, 1.54) is 0 Å². The van der Waals surface area contributed by atoms with Gasteiger partial charge in [-0.2, -0.15) is 0 Å². The minimum Gasteiger partial charge on any atom is -0.387 e. The average Bonchev–Trinajstić information content (AvgIpc) is 2.30. The molecule has 2 aromatic rings. The summed E-state index contributed by atoms with van der Waals surface area (Å²) in [4.78, 5) is 8.52. The molecule has 0 aliphatic carbocycles. The van der Waals surface area contributed by atoms with Crippen LogP contribution in [0.4, 0.5) is 5.69 Å². The Morgan fingerprint density at radius 3 is 2.43 bits per heavy atom. The number of hydrogen-bond acceptors (Lipinski definition) is 3. The third kappa shape index (κ3) is 1.71. The number of hydrogen-bond donors (Lipinski definition) is 1. The van der Waals surface area contributed by atoms with Crippen molar-refractivity contribution in [2.75, 3.05) is 12.4 Å². The highest BCUT2D eigenvalue weighted by atomic mass is 14.9. The summed E-state index contributed by atoms with van der Waals surface area (Å²) in [6.45, 7) is 0. The van der Waals surface area contributed by atoms with Gasteiger partial charge >= 0.3 is 0 Å². The first-order chi connectivity index (χ1) is 6.90. The Kier molecular flexibility index (Phi) is 2.40. The fourth-order valence-corrected chi connectivity index (χ4v) is 1.21. The smallest absolute Gasteiger partial charge is 0.0887 e. The minimum atomic E-state index is 0.893. The van der Waals surface area contributed by atoms with Crippen molar-refractivity contribution in [2.24, 2.45) is 0 Å². The highest BCUT2D eigenvalue weighted by Crippen LogP contribution is 2.14. The number of anilines is 1.